The van der Waals surface area contributed by atoms with Gasteiger partial charge < -0.3 is 5.73 Å². The van der Waals surface area contributed by atoms with Gasteiger partial charge in [0.2, 0.25) is 0 Å². The van der Waals surface area contributed by atoms with Crippen molar-refractivity contribution in [3.8, 4) is 0 Å². The lowest BCUT2D eigenvalue weighted by Crippen LogP contribution is -2.19. The van der Waals surface area contributed by atoms with Crippen LogP contribution in [0.1, 0.15) is 24.1 Å². The van der Waals surface area contributed by atoms with Crippen LogP contribution in [-0.4, -0.2) is 11.5 Å². The maximum Gasteiger partial charge on any atom is 0.0451 e. The third kappa shape index (κ3) is 1.34. The Bertz CT molecular complexity index is 541. The number of pyridine rings is 1. The van der Waals surface area contributed by atoms with Crippen molar-refractivity contribution in [2.24, 2.45) is 5.73 Å². The van der Waals surface area contributed by atoms with Crippen LogP contribution in [0.5, 0.6) is 0 Å². The molecule has 0 aliphatic heterocycles. The molecule has 1 aliphatic rings. The van der Waals surface area contributed by atoms with Crippen LogP contribution in [0.4, 0.5) is 0 Å². The Kier molecular flexibility index (Phi) is 2.01. The minimum atomic E-state index is 0.274. The van der Waals surface area contributed by atoms with Crippen molar-refractivity contribution >= 4 is 10.8 Å². The van der Waals surface area contributed by atoms with Gasteiger partial charge in [0.1, 0.15) is 0 Å². The lowest BCUT2D eigenvalue weighted by Gasteiger charge is -2.14. The van der Waals surface area contributed by atoms with Crippen LogP contribution in [0.25, 0.3) is 10.8 Å². The summed E-state index contributed by atoms with van der Waals surface area (Å²) in [6, 6.07) is 8.75. The van der Waals surface area contributed by atoms with E-state index in [1.165, 1.54) is 29.2 Å². The van der Waals surface area contributed by atoms with Gasteiger partial charge >= 0.3 is 0 Å². The van der Waals surface area contributed by atoms with Crippen LogP contribution in [0.15, 0.2) is 30.5 Å². The van der Waals surface area contributed by atoms with E-state index in [0.29, 0.717) is 0 Å². The minimum Gasteiger partial charge on any atom is -0.330 e. The Morgan fingerprint density at radius 3 is 2.81 bits per heavy atom. The first kappa shape index (κ1) is 9.79. The Balaban J connectivity index is 2.19. The molecule has 0 spiro atoms. The number of nitrogens with zero attached hydrogens (tertiary/aromatic N) is 1. The maximum absolute atomic E-state index is 5.87. The SMILES string of the molecule is Cc1nccc2ccc(C3(CN)CC3)cc12. The van der Waals surface area contributed by atoms with Crippen molar-refractivity contribution in [3.05, 3.63) is 41.7 Å². The zero-order valence-electron chi connectivity index (χ0n) is 9.53. The highest BCUT2D eigenvalue weighted by Crippen LogP contribution is 2.47. The molecular formula is C14H16N2. The molecule has 2 heteroatoms. The van der Waals surface area contributed by atoms with Crippen molar-refractivity contribution in [2.75, 3.05) is 6.54 Å². The van der Waals surface area contributed by atoms with Gasteiger partial charge in [-0.3, -0.25) is 4.98 Å². The molecule has 0 atom stereocenters. The monoisotopic (exact) mass is 212 g/mol. The minimum absolute atomic E-state index is 0.274. The van der Waals surface area contributed by atoms with Crippen LogP contribution in [-0.2, 0) is 5.41 Å². The molecule has 0 saturated heterocycles. The van der Waals surface area contributed by atoms with Gasteiger partial charge in [0.05, 0.1) is 0 Å². The second kappa shape index (κ2) is 3.29. The van der Waals surface area contributed by atoms with E-state index < -0.39 is 0 Å². The van der Waals surface area contributed by atoms with Crippen LogP contribution in [0, 0.1) is 6.92 Å². The number of nitrogens with two attached hydrogens (primary N) is 1. The average Bonchev–Trinajstić information content (AvgIpc) is 3.10. The molecule has 0 radical (unpaired) electrons. The summed E-state index contributed by atoms with van der Waals surface area (Å²) in [5, 5.41) is 2.53. The van der Waals surface area contributed by atoms with Crippen LogP contribution >= 0.6 is 0 Å². The molecule has 1 aromatic heterocycles. The lowest BCUT2D eigenvalue weighted by molar-refractivity contribution is 0.706. The van der Waals surface area contributed by atoms with E-state index in [9.17, 15) is 0 Å². The molecule has 2 N–H and O–H groups in total. The van der Waals surface area contributed by atoms with Crippen molar-refractivity contribution < 1.29 is 0 Å². The molecule has 1 aromatic carbocycles. The third-order valence-corrected chi connectivity index (χ3v) is 3.82. The highest BCUT2D eigenvalue weighted by Gasteiger charge is 2.42. The predicted octanol–water partition coefficient (Wildman–Crippen LogP) is 2.53. The van der Waals surface area contributed by atoms with E-state index in [0.717, 1.165) is 12.2 Å². The molecule has 1 fully saturated rings. The fourth-order valence-corrected chi connectivity index (χ4v) is 2.41. The molecule has 0 amide bonds. The smallest absolute Gasteiger partial charge is 0.0451 e. The van der Waals surface area contributed by atoms with Gasteiger partial charge in [-0.25, -0.2) is 0 Å². The first-order chi connectivity index (χ1) is 7.75. The van der Waals surface area contributed by atoms with Gasteiger partial charge in [-0.15, -0.1) is 0 Å². The summed E-state index contributed by atoms with van der Waals surface area (Å²) in [5.41, 5.74) is 8.63. The molecule has 16 heavy (non-hydrogen) atoms. The number of aryl methyl sites for hydroxylation is 1. The fourth-order valence-electron chi connectivity index (χ4n) is 2.41. The molecule has 1 heterocycles. The van der Waals surface area contributed by atoms with Gasteiger partial charge in [0.15, 0.2) is 0 Å². The average molecular weight is 212 g/mol. The van der Waals surface area contributed by atoms with E-state index >= 15 is 0 Å². The topological polar surface area (TPSA) is 38.9 Å². The molecule has 1 aliphatic carbocycles. The van der Waals surface area contributed by atoms with Crippen molar-refractivity contribution in [2.45, 2.75) is 25.2 Å². The quantitative estimate of drug-likeness (QED) is 0.830. The summed E-state index contributed by atoms with van der Waals surface area (Å²) in [7, 11) is 0. The van der Waals surface area contributed by atoms with Crippen molar-refractivity contribution in [3.63, 3.8) is 0 Å². The summed E-state index contributed by atoms with van der Waals surface area (Å²) in [6.45, 7) is 2.83. The molecule has 2 aromatic rings. The zero-order chi connectivity index (χ0) is 11.2. The second-order valence-corrected chi connectivity index (χ2v) is 4.82. The molecule has 0 unspecified atom stereocenters. The van der Waals surface area contributed by atoms with Crippen LogP contribution < -0.4 is 5.73 Å². The molecule has 2 nitrogen and oxygen atoms in total. The van der Waals surface area contributed by atoms with Gasteiger partial charge in [-0.1, -0.05) is 12.1 Å². The molecule has 0 bridgehead atoms. The first-order valence-corrected chi connectivity index (χ1v) is 5.81. The Morgan fingerprint density at radius 1 is 1.31 bits per heavy atom. The van der Waals surface area contributed by atoms with Crippen LogP contribution in [0.2, 0.25) is 0 Å². The fraction of sp³-hybridized carbons (Fsp3) is 0.357. The summed E-state index contributed by atoms with van der Waals surface area (Å²) in [5.74, 6) is 0. The number of hydrogen-bond donors (Lipinski definition) is 1. The number of rotatable bonds is 2. The third-order valence-electron chi connectivity index (χ3n) is 3.82. The van der Waals surface area contributed by atoms with E-state index in [4.69, 9.17) is 5.73 Å². The Morgan fingerprint density at radius 2 is 2.12 bits per heavy atom. The summed E-state index contributed by atoms with van der Waals surface area (Å²) < 4.78 is 0. The normalized spacial score (nSPS) is 17.6. The summed E-state index contributed by atoms with van der Waals surface area (Å²) in [6.07, 6.45) is 4.33. The number of fused-ring (bicyclic) bond motifs is 1. The van der Waals surface area contributed by atoms with Crippen LogP contribution in [0.3, 0.4) is 0 Å². The first-order valence-electron chi connectivity index (χ1n) is 5.81. The molecule has 3 rings (SSSR count). The maximum atomic E-state index is 5.87. The zero-order valence-corrected chi connectivity index (χ0v) is 9.53. The lowest BCUT2D eigenvalue weighted by atomic mass is 9.93. The Hall–Kier alpha value is -1.41. The van der Waals surface area contributed by atoms with Gasteiger partial charge in [0, 0.05) is 29.2 Å². The number of benzene rings is 1. The van der Waals surface area contributed by atoms with E-state index in [-0.39, 0.29) is 5.41 Å². The molecule has 1 saturated carbocycles. The highest BCUT2D eigenvalue weighted by atomic mass is 14.7. The molecule has 82 valence electrons. The predicted molar refractivity (Wildman–Crippen MR) is 66.4 cm³/mol. The van der Waals surface area contributed by atoms with Gasteiger partial charge in [-0.05, 0) is 42.8 Å². The molecular weight excluding hydrogens is 196 g/mol. The Labute approximate surface area is 95.5 Å². The number of hydrogen-bond acceptors (Lipinski definition) is 2. The second-order valence-electron chi connectivity index (χ2n) is 4.82. The van der Waals surface area contributed by atoms with Gasteiger partial charge in [-0.2, -0.15) is 0 Å². The standard InChI is InChI=1S/C14H16N2/c1-10-13-8-12(14(9-15)5-6-14)3-2-11(13)4-7-16-10/h2-4,7-8H,5-6,9,15H2,1H3. The van der Waals surface area contributed by atoms with Crippen molar-refractivity contribution in [1.29, 1.82) is 0 Å². The van der Waals surface area contributed by atoms with E-state index in [1.54, 1.807) is 0 Å². The summed E-state index contributed by atoms with van der Waals surface area (Å²) in [4.78, 5) is 4.35. The highest BCUT2D eigenvalue weighted by molar-refractivity contribution is 5.85. The van der Waals surface area contributed by atoms with Crippen molar-refractivity contribution in [1.82, 2.24) is 4.98 Å². The summed E-state index contributed by atoms with van der Waals surface area (Å²) >= 11 is 0. The van der Waals surface area contributed by atoms with E-state index in [2.05, 4.69) is 36.2 Å². The van der Waals surface area contributed by atoms with E-state index in [1.807, 2.05) is 6.20 Å². The largest absolute Gasteiger partial charge is 0.330 e. The number of aromatic nitrogens is 1. The van der Waals surface area contributed by atoms with Gasteiger partial charge in [0.25, 0.3) is 0 Å².